The van der Waals surface area contributed by atoms with E-state index in [1.807, 2.05) is 44.2 Å². The molecule has 1 aromatic carbocycles. The number of ketones is 1. The second-order valence-electron chi connectivity index (χ2n) is 4.55. The van der Waals surface area contributed by atoms with Gasteiger partial charge in [0.1, 0.15) is 12.4 Å². The van der Waals surface area contributed by atoms with E-state index in [4.69, 9.17) is 4.74 Å². The molecule has 1 atom stereocenters. The van der Waals surface area contributed by atoms with Crippen LogP contribution in [0.2, 0.25) is 0 Å². The number of alkyl halides is 1. The standard InChI is InChI=1S/C15H20BrNO3/c1-3-17(12(2)9-14(18)10-16)15(19)20-11-13-7-5-4-6-8-13/h4-8,12H,3,9-11H2,1-2H3. The van der Waals surface area contributed by atoms with Crippen LogP contribution >= 0.6 is 15.9 Å². The third-order valence-electron chi connectivity index (χ3n) is 2.98. The number of nitrogens with zero attached hydrogens (tertiary/aromatic N) is 1. The molecular formula is C15H20BrNO3. The van der Waals surface area contributed by atoms with Crippen LogP contribution in [0.3, 0.4) is 0 Å². The van der Waals surface area contributed by atoms with Gasteiger partial charge in [-0.3, -0.25) is 4.79 Å². The van der Waals surface area contributed by atoms with Gasteiger partial charge in [-0.1, -0.05) is 46.3 Å². The highest BCUT2D eigenvalue weighted by Crippen LogP contribution is 2.09. The van der Waals surface area contributed by atoms with Gasteiger partial charge in [-0.2, -0.15) is 0 Å². The molecule has 0 spiro atoms. The van der Waals surface area contributed by atoms with Crippen LogP contribution in [0.5, 0.6) is 0 Å². The highest BCUT2D eigenvalue weighted by molar-refractivity contribution is 9.09. The van der Waals surface area contributed by atoms with Gasteiger partial charge in [0, 0.05) is 19.0 Å². The molecule has 0 aliphatic heterocycles. The van der Waals surface area contributed by atoms with Crippen LogP contribution in [0.25, 0.3) is 0 Å². The van der Waals surface area contributed by atoms with Crippen molar-refractivity contribution in [1.29, 1.82) is 0 Å². The van der Waals surface area contributed by atoms with E-state index in [-0.39, 0.29) is 24.5 Å². The molecule has 0 bridgehead atoms. The molecule has 0 radical (unpaired) electrons. The first kappa shape index (κ1) is 16.7. The van der Waals surface area contributed by atoms with Crippen molar-refractivity contribution in [3.05, 3.63) is 35.9 Å². The fourth-order valence-corrected chi connectivity index (χ4v) is 2.15. The smallest absolute Gasteiger partial charge is 0.410 e. The van der Waals surface area contributed by atoms with Crippen LogP contribution < -0.4 is 0 Å². The first-order chi connectivity index (χ1) is 9.58. The summed E-state index contributed by atoms with van der Waals surface area (Å²) < 4.78 is 5.28. The molecule has 20 heavy (non-hydrogen) atoms. The number of amides is 1. The Labute approximate surface area is 128 Å². The normalized spacial score (nSPS) is 11.8. The lowest BCUT2D eigenvalue weighted by atomic mass is 10.1. The lowest BCUT2D eigenvalue weighted by Crippen LogP contribution is -2.40. The molecule has 0 aromatic heterocycles. The van der Waals surface area contributed by atoms with Crippen molar-refractivity contribution in [3.63, 3.8) is 0 Å². The highest BCUT2D eigenvalue weighted by atomic mass is 79.9. The minimum Gasteiger partial charge on any atom is -0.445 e. The van der Waals surface area contributed by atoms with Gasteiger partial charge in [0.2, 0.25) is 0 Å². The maximum Gasteiger partial charge on any atom is 0.410 e. The zero-order chi connectivity index (χ0) is 15.0. The number of benzene rings is 1. The molecule has 0 saturated heterocycles. The number of hydrogen-bond acceptors (Lipinski definition) is 3. The number of hydrogen-bond donors (Lipinski definition) is 0. The number of ether oxygens (including phenoxy) is 1. The van der Waals surface area contributed by atoms with Crippen molar-refractivity contribution in [2.75, 3.05) is 11.9 Å². The summed E-state index contributed by atoms with van der Waals surface area (Å²) in [4.78, 5) is 25.0. The monoisotopic (exact) mass is 341 g/mol. The van der Waals surface area contributed by atoms with E-state index in [0.717, 1.165) is 5.56 Å². The number of Topliss-reactive ketones (excluding diaryl/α,β-unsaturated/α-hetero) is 1. The lowest BCUT2D eigenvalue weighted by molar-refractivity contribution is -0.117. The number of halogens is 1. The Balaban J connectivity index is 2.52. The third-order valence-corrected chi connectivity index (χ3v) is 3.61. The van der Waals surface area contributed by atoms with Crippen LogP contribution in [0.4, 0.5) is 4.79 Å². The zero-order valence-electron chi connectivity index (χ0n) is 11.8. The molecule has 0 saturated carbocycles. The summed E-state index contributed by atoms with van der Waals surface area (Å²) in [5.41, 5.74) is 0.945. The van der Waals surface area contributed by atoms with Crippen molar-refractivity contribution >= 4 is 27.8 Å². The summed E-state index contributed by atoms with van der Waals surface area (Å²) in [6.45, 7) is 4.49. The van der Waals surface area contributed by atoms with Crippen molar-refractivity contribution in [1.82, 2.24) is 4.90 Å². The molecule has 1 amide bonds. The molecule has 1 rings (SSSR count). The predicted molar refractivity (Wildman–Crippen MR) is 81.9 cm³/mol. The Hall–Kier alpha value is -1.36. The minimum atomic E-state index is -0.383. The molecule has 110 valence electrons. The number of carbonyl (C=O) groups is 2. The summed E-state index contributed by atoms with van der Waals surface area (Å²) in [6.07, 6.45) is -0.0503. The van der Waals surface area contributed by atoms with Crippen molar-refractivity contribution in [2.45, 2.75) is 32.9 Å². The molecular weight excluding hydrogens is 322 g/mol. The summed E-state index contributed by atoms with van der Waals surface area (Å²) in [7, 11) is 0. The quantitative estimate of drug-likeness (QED) is 0.714. The Morgan fingerprint density at radius 1 is 1.30 bits per heavy atom. The second-order valence-corrected chi connectivity index (χ2v) is 5.11. The maximum atomic E-state index is 12.0. The van der Waals surface area contributed by atoms with Gasteiger partial charge in [-0.05, 0) is 19.4 Å². The second kappa shape index (κ2) is 8.74. The van der Waals surface area contributed by atoms with Gasteiger partial charge < -0.3 is 9.64 Å². The van der Waals surface area contributed by atoms with E-state index in [0.29, 0.717) is 18.3 Å². The number of rotatable bonds is 7. The van der Waals surface area contributed by atoms with Crippen molar-refractivity contribution in [2.24, 2.45) is 0 Å². The van der Waals surface area contributed by atoms with Gasteiger partial charge in [-0.15, -0.1) is 0 Å². The molecule has 5 heteroatoms. The molecule has 0 heterocycles. The predicted octanol–water partition coefficient (Wildman–Crippen LogP) is 3.39. The Morgan fingerprint density at radius 2 is 1.95 bits per heavy atom. The average Bonchev–Trinajstić information content (AvgIpc) is 2.46. The molecule has 1 unspecified atom stereocenters. The first-order valence-corrected chi connectivity index (χ1v) is 7.75. The van der Waals surface area contributed by atoms with Crippen LogP contribution in [0.1, 0.15) is 25.8 Å². The Morgan fingerprint density at radius 3 is 2.50 bits per heavy atom. The van der Waals surface area contributed by atoms with E-state index in [1.165, 1.54) is 0 Å². The number of carbonyl (C=O) groups excluding carboxylic acids is 2. The van der Waals surface area contributed by atoms with Gasteiger partial charge in [-0.25, -0.2) is 4.79 Å². The molecule has 0 N–H and O–H groups in total. The van der Waals surface area contributed by atoms with Crippen LogP contribution in [-0.2, 0) is 16.1 Å². The summed E-state index contributed by atoms with van der Waals surface area (Å²) in [6, 6.07) is 9.37. The van der Waals surface area contributed by atoms with Gasteiger partial charge >= 0.3 is 6.09 Å². The Kier molecular flexibility index (Phi) is 7.30. The molecule has 1 aromatic rings. The first-order valence-electron chi connectivity index (χ1n) is 6.63. The summed E-state index contributed by atoms with van der Waals surface area (Å²) >= 11 is 3.13. The third kappa shape index (κ3) is 5.33. The van der Waals surface area contributed by atoms with E-state index in [2.05, 4.69) is 15.9 Å². The van der Waals surface area contributed by atoms with E-state index in [9.17, 15) is 9.59 Å². The van der Waals surface area contributed by atoms with E-state index < -0.39 is 0 Å². The average molecular weight is 342 g/mol. The molecule has 0 aliphatic carbocycles. The van der Waals surface area contributed by atoms with Gasteiger partial charge in [0.25, 0.3) is 0 Å². The SMILES string of the molecule is CCN(C(=O)OCc1ccccc1)C(C)CC(=O)CBr. The Bertz CT molecular complexity index is 436. The molecule has 0 aliphatic rings. The largest absolute Gasteiger partial charge is 0.445 e. The van der Waals surface area contributed by atoms with Crippen molar-refractivity contribution < 1.29 is 14.3 Å². The van der Waals surface area contributed by atoms with Gasteiger partial charge in [0.15, 0.2) is 0 Å². The summed E-state index contributed by atoms with van der Waals surface area (Å²) in [5, 5.41) is 0.313. The molecule has 4 nitrogen and oxygen atoms in total. The zero-order valence-corrected chi connectivity index (χ0v) is 13.4. The van der Waals surface area contributed by atoms with E-state index >= 15 is 0 Å². The maximum absolute atomic E-state index is 12.0. The van der Waals surface area contributed by atoms with Crippen molar-refractivity contribution in [3.8, 4) is 0 Å². The minimum absolute atomic E-state index is 0.0757. The lowest BCUT2D eigenvalue weighted by Gasteiger charge is -2.26. The summed E-state index contributed by atoms with van der Waals surface area (Å²) in [5.74, 6) is 0.0757. The van der Waals surface area contributed by atoms with Crippen LogP contribution in [-0.4, -0.2) is 34.7 Å². The highest BCUT2D eigenvalue weighted by Gasteiger charge is 2.21. The fourth-order valence-electron chi connectivity index (χ4n) is 1.92. The van der Waals surface area contributed by atoms with Gasteiger partial charge in [0.05, 0.1) is 5.33 Å². The van der Waals surface area contributed by atoms with Crippen LogP contribution in [0, 0.1) is 0 Å². The van der Waals surface area contributed by atoms with E-state index in [1.54, 1.807) is 4.90 Å². The fraction of sp³-hybridized carbons (Fsp3) is 0.467. The topological polar surface area (TPSA) is 46.6 Å². The van der Waals surface area contributed by atoms with Crippen LogP contribution in [0.15, 0.2) is 30.3 Å². The molecule has 0 fully saturated rings.